The van der Waals surface area contributed by atoms with E-state index in [9.17, 15) is 9.59 Å². The Hall–Kier alpha value is -3.10. The lowest BCUT2D eigenvalue weighted by Crippen LogP contribution is -2.52. The summed E-state index contributed by atoms with van der Waals surface area (Å²) in [4.78, 5) is 31.9. The number of quaternary nitrogens is 1. The van der Waals surface area contributed by atoms with Gasteiger partial charge in [0.25, 0.3) is 5.91 Å². The summed E-state index contributed by atoms with van der Waals surface area (Å²) in [6, 6.07) is 2.81. The molecule has 0 spiro atoms. The maximum atomic E-state index is 11.9. The van der Waals surface area contributed by atoms with E-state index in [1.165, 1.54) is 31.3 Å². The molecule has 2 amide bonds. The molecule has 1 aliphatic carbocycles. The van der Waals surface area contributed by atoms with Gasteiger partial charge in [0, 0.05) is 35.6 Å². The van der Waals surface area contributed by atoms with Crippen LogP contribution in [0.15, 0.2) is 53.7 Å². The van der Waals surface area contributed by atoms with Crippen LogP contribution in [0.2, 0.25) is 0 Å². The van der Waals surface area contributed by atoms with Crippen molar-refractivity contribution in [2.45, 2.75) is 113 Å². The minimum atomic E-state index is -0.157. The number of allylic oxidation sites excluding steroid dienone is 3. The summed E-state index contributed by atoms with van der Waals surface area (Å²) in [7, 11) is 4.62. The van der Waals surface area contributed by atoms with E-state index in [1.807, 2.05) is 24.6 Å². The minimum absolute atomic E-state index is 0.0880. The Morgan fingerprint density at radius 2 is 1.78 bits per heavy atom. The lowest BCUT2D eigenvalue weighted by Gasteiger charge is -2.42. The number of hydrogen-bond acceptors (Lipinski definition) is 5. The van der Waals surface area contributed by atoms with Crippen LogP contribution in [-0.4, -0.2) is 52.4 Å². The molecule has 2 aliphatic rings. The summed E-state index contributed by atoms with van der Waals surface area (Å²) in [6.07, 6.45) is 19.0. The molecule has 2 N–H and O–H groups in total. The van der Waals surface area contributed by atoms with Gasteiger partial charge in [-0.25, -0.2) is 4.98 Å². The van der Waals surface area contributed by atoms with Gasteiger partial charge in [0.2, 0.25) is 5.91 Å². The summed E-state index contributed by atoms with van der Waals surface area (Å²) >= 11 is 1.71. The highest BCUT2D eigenvalue weighted by atomic mass is 32.1. The molecule has 2 aromatic heterocycles. The largest absolute Gasteiger partial charge is 0.325 e. The Kier molecular flexibility index (Phi) is 14.9. The standard InChI is InChI=1S/C15H21N3O2.C14H21N2S.C8H16/c1-5-7-10(3)15(20)18-13-8-12(9-16-11(13)4)17-14(19)6-2;1-5-13-7-6-12(14-15-8-9-17-14)10-11(2)16(13,3)4;1-4-7-5-8(2,3)6-7/h7-9H,5-6H2,1-4H3,(H,17,19)(H,18,20);6-11,13H,5H2,1-4H3;7H,4-6H2,1-3H3/q;+1;/b10-7-;;. The second kappa shape index (κ2) is 17.6. The number of carbonyl (C=O) groups excluding carboxylic acids is 2. The van der Waals surface area contributed by atoms with Crippen LogP contribution in [0.1, 0.15) is 105 Å². The number of likely N-dealkylation sites (N-methyl/N-ethyl adjacent to an activating group) is 1. The van der Waals surface area contributed by atoms with Crippen molar-refractivity contribution in [2.24, 2.45) is 11.3 Å². The first kappa shape index (κ1) is 38.1. The molecule has 1 fully saturated rings. The molecule has 3 heterocycles. The van der Waals surface area contributed by atoms with E-state index in [2.05, 4.69) is 87.5 Å². The van der Waals surface area contributed by atoms with Crippen LogP contribution in [-0.2, 0) is 9.59 Å². The first-order valence-electron chi connectivity index (χ1n) is 16.5. The molecule has 248 valence electrons. The lowest BCUT2D eigenvalue weighted by atomic mass is 9.64. The molecule has 2 atom stereocenters. The smallest absolute Gasteiger partial charge is 0.251 e. The van der Waals surface area contributed by atoms with Crippen LogP contribution in [0.5, 0.6) is 0 Å². The van der Waals surface area contributed by atoms with Gasteiger partial charge in [-0.15, -0.1) is 11.3 Å². The Bertz CT molecular complexity index is 1330. The normalized spacial score (nSPS) is 20.2. The third-order valence-corrected chi connectivity index (χ3v) is 9.81. The number of nitrogens with one attached hydrogen (secondary N) is 2. The Balaban J connectivity index is 0.000000254. The van der Waals surface area contributed by atoms with E-state index >= 15 is 0 Å². The average molecular weight is 637 g/mol. The average Bonchev–Trinajstić information content (AvgIpc) is 3.49. The zero-order valence-corrected chi connectivity index (χ0v) is 30.5. The second-order valence-corrected chi connectivity index (χ2v) is 14.4. The van der Waals surface area contributed by atoms with E-state index in [4.69, 9.17) is 0 Å². The number of amides is 2. The van der Waals surface area contributed by atoms with Crippen LogP contribution in [0.3, 0.4) is 0 Å². The molecule has 0 aromatic carbocycles. The van der Waals surface area contributed by atoms with Gasteiger partial charge in [-0.05, 0) is 69.6 Å². The van der Waals surface area contributed by atoms with Crippen LogP contribution >= 0.6 is 11.3 Å². The number of carbonyl (C=O) groups is 2. The number of rotatable bonds is 8. The van der Waals surface area contributed by atoms with Crippen LogP contribution in [0, 0.1) is 18.3 Å². The number of aryl methyl sites for hydroxylation is 1. The van der Waals surface area contributed by atoms with Crippen LogP contribution < -0.4 is 10.6 Å². The SMILES string of the molecule is CC/C=C(/C)C(=O)Nc1cc(NC(=O)CC)cnc1C.CCC1C=CC(c2nccs2)=CC(C)[N+]1(C)C.CCC1CC(C)(C)C1. The second-order valence-electron chi connectivity index (χ2n) is 13.5. The maximum Gasteiger partial charge on any atom is 0.251 e. The molecule has 8 heteroatoms. The zero-order valence-electron chi connectivity index (χ0n) is 29.7. The van der Waals surface area contributed by atoms with Crippen molar-refractivity contribution in [3.63, 3.8) is 0 Å². The van der Waals surface area contributed by atoms with Crippen molar-refractivity contribution in [3.05, 3.63) is 64.4 Å². The van der Waals surface area contributed by atoms with E-state index in [0.29, 0.717) is 46.6 Å². The van der Waals surface area contributed by atoms with Crippen molar-refractivity contribution < 1.29 is 14.1 Å². The van der Waals surface area contributed by atoms with Crippen molar-refractivity contribution in [3.8, 4) is 0 Å². The molecule has 7 nitrogen and oxygen atoms in total. The summed E-state index contributed by atoms with van der Waals surface area (Å²) in [6.45, 7) is 18.9. The number of hydrogen-bond donors (Lipinski definition) is 2. The lowest BCUT2D eigenvalue weighted by molar-refractivity contribution is -0.924. The number of pyridine rings is 1. The topological polar surface area (TPSA) is 84.0 Å². The number of thiazole rings is 1. The highest BCUT2D eigenvalue weighted by Gasteiger charge is 2.34. The quantitative estimate of drug-likeness (QED) is 0.224. The van der Waals surface area contributed by atoms with E-state index in [-0.39, 0.29) is 11.8 Å². The molecule has 2 aromatic rings. The maximum absolute atomic E-state index is 11.9. The monoisotopic (exact) mass is 636 g/mol. The highest BCUT2D eigenvalue weighted by Crippen LogP contribution is 2.46. The van der Waals surface area contributed by atoms with E-state index in [0.717, 1.165) is 21.8 Å². The zero-order chi connectivity index (χ0) is 33.8. The number of anilines is 2. The molecule has 4 rings (SSSR count). The first-order valence-corrected chi connectivity index (χ1v) is 17.4. The summed E-state index contributed by atoms with van der Waals surface area (Å²) in [5.41, 5.74) is 4.52. The third kappa shape index (κ3) is 11.6. The summed E-state index contributed by atoms with van der Waals surface area (Å²) in [5.74, 6) is 0.815. The fourth-order valence-electron chi connectivity index (χ4n) is 5.75. The molecule has 1 saturated carbocycles. The summed E-state index contributed by atoms with van der Waals surface area (Å²) < 4.78 is 1.02. The van der Waals surface area contributed by atoms with Gasteiger partial charge in [0.05, 0.1) is 37.4 Å². The molecule has 2 unspecified atom stereocenters. The number of aromatic nitrogens is 2. The Morgan fingerprint density at radius 1 is 1.09 bits per heavy atom. The van der Waals surface area contributed by atoms with Crippen LogP contribution in [0.25, 0.3) is 5.57 Å². The van der Waals surface area contributed by atoms with Crippen molar-refractivity contribution in [1.29, 1.82) is 0 Å². The fourth-order valence-corrected chi connectivity index (χ4v) is 6.39. The molecular weight excluding hydrogens is 579 g/mol. The fraction of sp³-hybridized carbons (Fsp3) is 0.568. The van der Waals surface area contributed by atoms with Crippen molar-refractivity contribution in [2.75, 3.05) is 24.7 Å². The van der Waals surface area contributed by atoms with Crippen molar-refractivity contribution >= 4 is 40.1 Å². The molecule has 0 saturated heterocycles. The van der Waals surface area contributed by atoms with Gasteiger partial charge < -0.3 is 15.1 Å². The molecular formula is C37H58N5O2S+. The summed E-state index contributed by atoms with van der Waals surface area (Å²) in [5, 5.41) is 8.69. The van der Waals surface area contributed by atoms with Gasteiger partial charge in [-0.3, -0.25) is 14.6 Å². The predicted molar refractivity (Wildman–Crippen MR) is 192 cm³/mol. The number of nitrogens with zero attached hydrogens (tertiary/aromatic N) is 3. The van der Waals surface area contributed by atoms with E-state index in [1.54, 1.807) is 44.4 Å². The molecule has 0 bridgehead atoms. The minimum Gasteiger partial charge on any atom is -0.325 e. The predicted octanol–water partition coefficient (Wildman–Crippen LogP) is 9.21. The molecule has 1 aliphatic heterocycles. The Morgan fingerprint density at radius 3 is 2.29 bits per heavy atom. The van der Waals surface area contributed by atoms with Gasteiger partial charge in [-0.2, -0.15) is 0 Å². The van der Waals surface area contributed by atoms with Crippen LogP contribution in [0.4, 0.5) is 11.4 Å². The van der Waals surface area contributed by atoms with E-state index < -0.39 is 0 Å². The highest BCUT2D eigenvalue weighted by molar-refractivity contribution is 7.10. The van der Waals surface area contributed by atoms with Gasteiger partial charge >= 0.3 is 0 Å². The Labute approximate surface area is 276 Å². The molecule has 45 heavy (non-hydrogen) atoms. The third-order valence-electron chi connectivity index (χ3n) is 8.99. The van der Waals surface area contributed by atoms with Gasteiger partial charge in [-0.1, -0.05) is 60.1 Å². The van der Waals surface area contributed by atoms with Gasteiger partial charge in [0.1, 0.15) is 17.1 Å². The van der Waals surface area contributed by atoms with Gasteiger partial charge in [0.15, 0.2) is 0 Å². The van der Waals surface area contributed by atoms with Crippen molar-refractivity contribution in [1.82, 2.24) is 9.97 Å². The molecule has 0 radical (unpaired) electrons. The first-order chi connectivity index (χ1) is 21.2.